The van der Waals surface area contributed by atoms with Crippen LogP contribution in [0.25, 0.3) is 27.5 Å². The molecule has 5 aromatic rings. The van der Waals surface area contributed by atoms with Gasteiger partial charge >= 0.3 is 0 Å². The Morgan fingerprint density at radius 3 is 2.69 bits per heavy atom. The second-order valence-electron chi connectivity index (χ2n) is 7.97. The number of carbonyl (C=O) groups is 1. The topological polar surface area (TPSA) is 80.0 Å². The second-order valence-corrected chi connectivity index (χ2v) is 10.9. The molecule has 1 aromatic carbocycles. The fourth-order valence-electron chi connectivity index (χ4n) is 3.71. The Morgan fingerprint density at radius 2 is 1.97 bits per heavy atom. The molecule has 0 bridgehead atoms. The van der Waals surface area contributed by atoms with Crippen molar-refractivity contribution < 1.29 is 9.90 Å². The molecule has 5 rings (SSSR count). The maximum Gasteiger partial charge on any atom is 0.261 e. The number of thiophene rings is 2. The van der Waals surface area contributed by atoms with Crippen LogP contribution in [0.1, 0.15) is 14.5 Å². The number of benzene rings is 1. The standard InChI is InChI=1S/C26H20Cl2N4O2S2/c27-20-6-5-18(12-21(20)28)32-23(13-22(31-32)16-3-1-9-29-14-16)24-7-8-25(36-24)26(34)30-17(15-33)11-19-4-2-10-35-19/h1-10,12-14,17,33H,11,15H2,(H,30,34)/t17-/m0/s1. The van der Waals surface area contributed by atoms with Crippen LogP contribution in [0.15, 0.2) is 78.4 Å². The molecule has 4 heterocycles. The van der Waals surface area contributed by atoms with Crippen LogP contribution in [0.4, 0.5) is 0 Å². The van der Waals surface area contributed by atoms with Crippen molar-refractivity contribution in [1.82, 2.24) is 20.1 Å². The molecule has 6 nitrogen and oxygen atoms in total. The molecule has 0 saturated heterocycles. The zero-order chi connectivity index (χ0) is 25.1. The summed E-state index contributed by atoms with van der Waals surface area (Å²) in [6, 6.07) is 18.3. The van der Waals surface area contributed by atoms with Gasteiger partial charge in [0.15, 0.2) is 0 Å². The predicted molar refractivity (Wildman–Crippen MR) is 146 cm³/mol. The lowest BCUT2D eigenvalue weighted by Crippen LogP contribution is -2.38. The van der Waals surface area contributed by atoms with Gasteiger partial charge < -0.3 is 10.4 Å². The van der Waals surface area contributed by atoms with Gasteiger partial charge in [-0.15, -0.1) is 22.7 Å². The van der Waals surface area contributed by atoms with Crippen molar-refractivity contribution in [3.8, 4) is 27.5 Å². The summed E-state index contributed by atoms with van der Waals surface area (Å²) in [5.41, 5.74) is 3.14. The molecule has 2 N–H and O–H groups in total. The molecule has 10 heteroatoms. The molecule has 36 heavy (non-hydrogen) atoms. The quantitative estimate of drug-likeness (QED) is 0.233. The van der Waals surface area contributed by atoms with Crippen molar-refractivity contribution in [2.75, 3.05) is 6.61 Å². The van der Waals surface area contributed by atoms with Crippen LogP contribution in [0.5, 0.6) is 0 Å². The van der Waals surface area contributed by atoms with Gasteiger partial charge in [-0.05, 0) is 60.0 Å². The first kappa shape index (κ1) is 24.7. The van der Waals surface area contributed by atoms with Crippen molar-refractivity contribution in [3.05, 3.63) is 98.2 Å². The van der Waals surface area contributed by atoms with E-state index in [1.165, 1.54) is 11.3 Å². The third-order valence-corrected chi connectivity index (χ3v) is 8.22. The van der Waals surface area contributed by atoms with Crippen molar-refractivity contribution in [2.45, 2.75) is 12.5 Å². The first-order valence-corrected chi connectivity index (χ1v) is 13.5. The molecule has 1 atom stereocenters. The van der Waals surface area contributed by atoms with Gasteiger partial charge in [-0.3, -0.25) is 9.78 Å². The van der Waals surface area contributed by atoms with E-state index in [0.717, 1.165) is 32.4 Å². The Balaban J connectivity index is 1.46. The van der Waals surface area contributed by atoms with E-state index in [1.807, 2.05) is 47.8 Å². The van der Waals surface area contributed by atoms with Crippen LogP contribution in [-0.2, 0) is 6.42 Å². The van der Waals surface area contributed by atoms with Crippen molar-refractivity contribution in [1.29, 1.82) is 0 Å². The van der Waals surface area contributed by atoms with Crippen LogP contribution < -0.4 is 5.32 Å². The minimum atomic E-state index is -0.361. The number of pyridine rings is 1. The number of aromatic nitrogens is 3. The molecule has 0 unspecified atom stereocenters. The highest BCUT2D eigenvalue weighted by atomic mass is 35.5. The molecule has 0 aliphatic carbocycles. The third kappa shape index (κ3) is 5.38. The number of nitrogens with zero attached hydrogens (tertiary/aromatic N) is 3. The van der Waals surface area contributed by atoms with Gasteiger partial charge in [0.2, 0.25) is 0 Å². The largest absolute Gasteiger partial charge is 0.394 e. The fraction of sp³-hybridized carbons (Fsp3) is 0.115. The van der Waals surface area contributed by atoms with E-state index in [9.17, 15) is 9.90 Å². The molecule has 0 aliphatic heterocycles. The summed E-state index contributed by atoms with van der Waals surface area (Å²) >= 11 is 15.4. The highest BCUT2D eigenvalue weighted by Crippen LogP contribution is 2.34. The van der Waals surface area contributed by atoms with Gasteiger partial charge in [0.1, 0.15) is 0 Å². The van der Waals surface area contributed by atoms with Crippen LogP contribution in [0.2, 0.25) is 10.0 Å². The molecule has 0 aliphatic rings. The summed E-state index contributed by atoms with van der Waals surface area (Å²) in [6.07, 6.45) is 4.04. The average Bonchev–Trinajstić information content (AvgIpc) is 3.66. The van der Waals surface area contributed by atoms with Crippen molar-refractivity contribution >= 4 is 51.8 Å². The number of aliphatic hydroxyl groups excluding tert-OH is 1. The first-order chi connectivity index (χ1) is 17.5. The Labute approximate surface area is 225 Å². The Hall–Kier alpha value is -3.01. The highest BCUT2D eigenvalue weighted by Gasteiger charge is 2.19. The van der Waals surface area contributed by atoms with Crippen LogP contribution in [0.3, 0.4) is 0 Å². The molecule has 0 fully saturated rings. The number of carbonyl (C=O) groups excluding carboxylic acids is 1. The maximum absolute atomic E-state index is 13.0. The summed E-state index contributed by atoms with van der Waals surface area (Å²) in [6.45, 7) is -0.138. The lowest BCUT2D eigenvalue weighted by molar-refractivity contribution is 0.0921. The summed E-state index contributed by atoms with van der Waals surface area (Å²) in [5, 5.41) is 20.4. The second kappa shape index (κ2) is 10.9. The number of hydrogen-bond donors (Lipinski definition) is 2. The van der Waals surface area contributed by atoms with E-state index in [2.05, 4.69) is 10.3 Å². The zero-order valence-corrected chi connectivity index (χ0v) is 21.9. The Morgan fingerprint density at radius 1 is 1.08 bits per heavy atom. The summed E-state index contributed by atoms with van der Waals surface area (Å²) in [4.78, 5) is 19.7. The number of amides is 1. The number of rotatable bonds is 8. The van der Waals surface area contributed by atoms with E-state index in [0.29, 0.717) is 21.3 Å². The van der Waals surface area contributed by atoms with Gasteiger partial charge in [0, 0.05) is 29.3 Å². The minimum Gasteiger partial charge on any atom is -0.394 e. The van der Waals surface area contributed by atoms with E-state index < -0.39 is 0 Å². The number of aliphatic hydroxyl groups is 1. The molecule has 0 radical (unpaired) electrons. The van der Waals surface area contributed by atoms with Gasteiger partial charge in [-0.1, -0.05) is 29.3 Å². The van der Waals surface area contributed by atoms with Crippen molar-refractivity contribution in [3.63, 3.8) is 0 Å². The fourth-order valence-corrected chi connectivity index (χ4v) is 5.70. The van der Waals surface area contributed by atoms with E-state index in [1.54, 1.807) is 46.6 Å². The molecular formula is C26H20Cl2N4O2S2. The van der Waals surface area contributed by atoms with Crippen LogP contribution in [-0.4, -0.2) is 38.4 Å². The average molecular weight is 556 g/mol. The molecule has 4 aromatic heterocycles. The SMILES string of the molecule is O=C(N[C@H](CO)Cc1cccs1)c1ccc(-c2cc(-c3cccnc3)nn2-c2ccc(Cl)c(Cl)c2)s1. The van der Waals surface area contributed by atoms with Gasteiger partial charge in [0.25, 0.3) is 5.91 Å². The smallest absolute Gasteiger partial charge is 0.261 e. The monoisotopic (exact) mass is 554 g/mol. The van der Waals surface area contributed by atoms with Crippen LogP contribution >= 0.6 is 45.9 Å². The van der Waals surface area contributed by atoms with Crippen LogP contribution in [0, 0.1) is 0 Å². The maximum atomic E-state index is 13.0. The van der Waals surface area contributed by atoms with Gasteiger partial charge in [-0.25, -0.2) is 4.68 Å². The van der Waals surface area contributed by atoms with Gasteiger partial charge in [-0.2, -0.15) is 5.10 Å². The number of nitrogens with one attached hydrogen (secondary N) is 1. The minimum absolute atomic E-state index is 0.138. The summed E-state index contributed by atoms with van der Waals surface area (Å²) in [5.74, 6) is -0.227. The number of hydrogen-bond acceptors (Lipinski definition) is 6. The molecular weight excluding hydrogens is 535 g/mol. The van der Waals surface area contributed by atoms with E-state index in [-0.39, 0.29) is 18.6 Å². The third-order valence-electron chi connectivity index (χ3n) is 5.48. The lowest BCUT2D eigenvalue weighted by Gasteiger charge is -2.14. The Bertz CT molecular complexity index is 1480. The molecule has 0 saturated carbocycles. The normalized spacial score (nSPS) is 12.0. The van der Waals surface area contributed by atoms with E-state index >= 15 is 0 Å². The van der Waals surface area contributed by atoms with E-state index in [4.69, 9.17) is 28.3 Å². The first-order valence-electron chi connectivity index (χ1n) is 11.0. The highest BCUT2D eigenvalue weighted by molar-refractivity contribution is 7.17. The van der Waals surface area contributed by atoms with Crippen molar-refractivity contribution in [2.24, 2.45) is 0 Å². The Kier molecular flexibility index (Phi) is 7.50. The lowest BCUT2D eigenvalue weighted by atomic mass is 10.2. The molecule has 1 amide bonds. The number of halogens is 2. The molecule has 182 valence electrons. The summed E-state index contributed by atoms with van der Waals surface area (Å²) < 4.78 is 1.78. The predicted octanol–water partition coefficient (Wildman–Crippen LogP) is 6.36. The van der Waals surface area contributed by atoms with Gasteiger partial charge in [0.05, 0.1) is 49.5 Å². The zero-order valence-electron chi connectivity index (χ0n) is 18.8. The summed E-state index contributed by atoms with van der Waals surface area (Å²) in [7, 11) is 0. The molecule has 0 spiro atoms.